The van der Waals surface area contributed by atoms with Gasteiger partial charge in [-0.2, -0.15) is 0 Å². The van der Waals surface area contributed by atoms with E-state index in [-0.39, 0.29) is 5.41 Å². The van der Waals surface area contributed by atoms with Crippen molar-refractivity contribution >= 4 is 6.29 Å². The summed E-state index contributed by atoms with van der Waals surface area (Å²) in [4.78, 5) is 13.7. The van der Waals surface area contributed by atoms with Gasteiger partial charge >= 0.3 is 0 Å². The van der Waals surface area contributed by atoms with Crippen molar-refractivity contribution in [1.29, 1.82) is 0 Å². The number of carbonyl (C=O) groups is 1. The average molecular weight is 241 g/mol. The van der Waals surface area contributed by atoms with Crippen molar-refractivity contribution in [2.75, 3.05) is 33.4 Å². The third-order valence-electron chi connectivity index (χ3n) is 4.31. The highest BCUT2D eigenvalue weighted by Crippen LogP contribution is 2.27. The van der Waals surface area contributed by atoms with Gasteiger partial charge in [-0.3, -0.25) is 0 Å². The molecule has 0 aliphatic carbocycles. The van der Waals surface area contributed by atoms with Crippen molar-refractivity contribution in [1.82, 2.24) is 4.90 Å². The number of ether oxygens (including phenoxy) is 1. The highest BCUT2D eigenvalue weighted by atomic mass is 16.5. The van der Waals surface area contributed by atoms with Gasteiger partial charge in [0, 0.05) is 25.7 Å². The van der Waals surface area contributed by atoms with Gasteiger partial charge in [-0.1, -0.05) is 13.8 Å². The maximum atomic E-state index is 11.3. The second-order valence-electron chi connectivity index (χ2n) is 5.36. The summed E-state index contributed by atoms with van der Waals surface area (Å²) in [6, 6.07) is 0. The molecule has 1 rings (SSSR count). The fourth-order valence-corrected chi connectivity index (χ4v) is 2.67. The van der Waals surface area contributed by atoms with E-state index in [1.54, 1.807) is 7.11 Å². The molecule has 0 amide bonds. The van der Waals surface area contributed by atoms with E-state index in [2.05, 4.69) is 18.7 Å². The first-order valence-corrected chi connectivity index (χ1v) is 6.87. The van der Waals surface area contributed by atoms with Crippen molar-refractivity contribution in [3.8, 4) is 0 Å². The highest BCUT2D eigenvalue weighted by molar-refractivity contribution is 5.59. The zero-order chi connectivity index (χ0) is 12.7. The molecule has 1 aliphatic heterocycles. The van der Waals surface area contributed by atoms with Gasteiger partial charge in [0.25, 0.3) is 0 Å². The summed E-state index contributed by atoms with van der Waals surface area (Å²) in [5.74, 6) is 0.713. The molecule has 1 heterocycles. The molecule has 1 saturated heterocycles. The van der Waals surface area contributed by atoms with E-state index >= 15 is 0 Å². The zero-order valence-electron chi connectivity index (χ0n) is 11.6. The topological polar surface area (TPSA) is 29.5 Å². The SMILES string of the molecule is CCC(C=O)(CC)CN1CCC(COC)CC1. The Bertz CT molecular complexity index is 218. The molecule has 0 bridgehead atoms. The Morgan fingerprint density at radius 3 is 2.29 bits per heavy atom. The summed E-state index contributed by atoms with van der Waals surface area (Å²) < 4.78 is 5.21. The van der Waals surface area contributed by atoms with E-state index in [1.165, 1.54) is 19.1 Å². The Morgan fingerprint density at radius 1 is 1.29 bits per heavy atom. The molecule has 0 aromatic rings. The van der Waals surface area contributed by atoms with Crippen molar-refractivity contribution in [2.45, 2.75) is 39.5 Å². The summed E-state index contributed by atoms with van der Waals surface area (Å²) in [5.41, 5.74) is -0.117. The Labute approximate surface area is 106 Å². The minimum absolute atomic E-state index is 0.117. The third-order valence-corrected chi connectivity index (χ3v) is 4.31. The van der Waals surface area contributed by atoms with E-state index in [9.17, 15) is 4.79 Å². The number of likely N-dealkylation sites (tertiary alicyclic amines) is 1. The Balaban J connectivity index is 2.41. The van der Waals surface area contributed by atoms with E-state index in [4.69, 9.17) is 4.74 Å². The summed E-state index contributed by atoms with van der Waals surface area (Å²) in [5, 5.41) is 0. The number of rotatable bonds is 7. The number of hydrogen-bond donors (Lipinski definition) is 0. The largest absolute Gasteiger partial charge is 0.384 e. The minimum Gasteiger partial charge on any atom is -0.384 e. The summed E-state index contributed by atoms with van der Waals surface area (Å²) in [6.07, 6.45) is 5.48. The molecule has 0 aromatic carbocycles. The maximum Gasteiger partial charge on any atom is 0.127 e. The third kappa shape index (κ3) is 4.07. The quantitative estimate of drug-likeness (QED) is 0.641. The average Bonchev–Trinajstić information content (AvgIpc) is 2.39. The lowest BCUT2D eigenvalue weighted by molar-refractivity contribution is -0.118. The van der Waals surface area contributed by atoms with Gasteiger partial charge < -0.3 is 14.4 Å². The van der Waals surface area contributed by atoms with Crippen molar-refractivity contribution in [3.63, 3.8) is 0 Å². The molecule has 0 saturated carbocycles. The van der Waals surface area contributed by atoms with Crippen LogP contribution >= 0.6 is 0 Å². The van der Waals surface area contributed by atoms with Crippen LogP contribution in [0.4, 0.5) is 0 Å². The van der Waals surface area contributed by atoms with Crippen LogP contribution < -0.4 is 0 Å². The molecule has 3 heteroatoms. The molecule has 0 aromatic heterocycles. The Hall–Kier alpha value is -0.410. The van der Waals surface area contributed by atoms with E-state index < -0.39 is 0 Å². The summed E-state index contributed by atoms with van der Waals surface area (Å²) >= 11 is 0. The minimum atomic E-state index is -0.117. The molecule has 0 atom stereocenters. The lowest BCUT2D eigenvalue weighted by atomic mass is 9.82. The van der Waals surface area contributed by atoms with Crippen molar-refractivity contribution < 1.29 is 9.53 Å². The highest BCUT2D eigenvalue weighted by Gasteiger charge is 2.30. The van der Waals surface area contributed by atoms with Gasteiger partial charge in [0.1, 0.15) is 6.29 Å². The van der Waals surface area contributed by atoms with Gasteiger partial charge in [-0.25, -0.2) is 0 Å². The van der Waals surface area contributed by atoms with Gasteiger partial charge in [0.05, 0.1) is 0 Å². The number of aldehydes is 1. The molecule has 100 valence electrons. The normalized spacial score (nSPS) is 19.5. The lowest BCUT2D eigenvalue weighted by Crippen LogP contribution is -2.43. The molecule has 17 heavy (non-hydrogen) atoms. The lowest BCUT2D eigenvalue weighted by Gasteiger charge is -2.37. The zero-order valence-corrected chi connectivity index (χ0v) is 11.6. The Kier molecular flexibility index (Phi) is 6.14. The second kappa shape index (κ2) is 7.12. The van der Waals surface area contributed by atoms with Gasteiger partial charge in [0.2, 0.25) is 0 Å². The second-order valence-corrected chi connectivity index (χ2v) is 5.36. The van der Waals surface area contributed by atoms with E-state index in [0.29, 0.717) is 5.92 Å². The van der Waals surface area contributed by atoms with Crippen LogP contribution in [-0.4, -0.2) is 44.5 Å². The van der Waals surface area contributed by atoms with Crippen LogP contribution in [0.15, 0.2) is 0 Å². The molecular weight excluding hydrogens is 214 g/mol. The van der Waals surface area contributed by atoms with Crippen LogP contribution in [0, 0.1) is 11.3 Å². The van der Waals surface area contributed by atoms with Crippen LogP contribution in [0.2, 0.25) is 0 Å². The molecule has 0 spiro atoms. The number of methoxy groups -OCH3 is 1. The summed E-state index contributed by atoms with van der Waals surface area (Å²) in [7, 11) is 1.78. The standard InChI is InChI=1S/C14H27NO2/c1-4-14(5-2,12-16)11-15-8-6-13(7-9-15)10-17-3/h12-13H,4-11H2,1-3H3. The fourth-order valence-electron chi connectivity index (χ4n) is 2.67. The van der Waals surface area contributed by atoms with Gasteiger partial charge in [-0.15, -0.1) is 0 Å². The number of nitrogens with zero attached hydrogens (tertiary/aromatic N) is 1. The molecule has 0 radical (unpaired) electrons. The molecule has 0 N–H and O–H groups in total. The summed E-state index contributed by atoms with van der Waals surface area (Å²) in [6.45, 7) is 8.29. The van der Waals surface area contributed by atoms with Crippen LogP contribution in [0.25, 0.3) is 0 Å². The predicted octanol–water partition coefficient (Wildman–Crippen LogP) is 2.35. The maximum absolute atomic E-state index is 11.3. The van der Waals surface area contributed by atoms with Crippen molar-refractivity contribution in [2.24, 2.45) is 11.3 Å². The number of carbonyl (C=O) groups excluding carboxylic acids is 1. The van der Waals surface area contributed by atoms with E-state index in [0.717, 1.165) is 39.1 Å². The molecule has 0 unspecified atom stereocenters. The van der Waals surface area contributed by atoms with Gasteiger partial charge in [0.15, 0.2) is 0 Å². The molecule has 1 fully saturated rings. The number of piperidine rings is 1. The molecule has 3 nitrogen and oxygen atoms in total. The Morgan fingerprint density at radius 2 is 1.88 bits per heavy atom. The first-order chi connectivity index (χ1) is 8.19. The van der Waals surface area contributed by atoms with Gasteiger partial charge in [-0.05, 0) is 44.7 Å². The fraction of sp³-hybridized carbons (Fsp3) is 0.929. The molecular formula is C14H27NO2. The molecule has 1 aliphatic rings. The first kappa shape index (κ1) is 14.7. The van der Waals surface area contributed by atoms with Crippen molar-refractivity contribution in [3.05, 3.63) is 0 Å². The monoisotopic (exact) mass is 241 g/mol. The van der Waals surface area contributed by atoms with Crippen LogP contribution in [-0.2, 0) is 9.53 Å². The number of hydrogen-bond acceptors (Lipinski definition) is 3. The van der Waals surface area contributed by atoms with Crippen LogP contribution in [0.1, 0.15) is 39.5 Å². The smallest absolute Gasteiger partial charge is 0.127 e. The van der Waals surface area contributed by atoms with Crippen LogP contribution in [0.3, 0.4) is 0 Å². The first-order valence-electron chi connectivity index (χ1n) is 6.87. The van der Waals surface area contributed by atoms with Crippen LogP contribution in [0.5, 0.6) is 0 Å². The predicted molar refractivity (Wildman–Crippen MR) is 70.1 cm³/mol. The van der Waals surface area contributed by atoms with E-state index in [1.807, 2.05) is 0 Å².